The highest BCUT2D eigenvalue weighted by atomic mass is 32.1. The van der Waals surface area contributed by atoms with Crippen molar-refractivity contribution in [3.05, 3.63) is 41.4 Å². The monoisotopic (exact) mass is 259 g/mol. The number of thiophene rings is 1. The number of nitrogens with zero attached hydrogens (tertiary/aromatic N) is 1. The lowest BCUT2D eigenvalue weighted by molar-refractivity contribution is 0.632. The molecular formula is C16H21NS. The smallest absolute Gasteiger partial charge is 0.0801 e. The molecule has 0 atom stereocenters. The maximum atomic E-state index is 4.55. The number of aryl methyl sites for hydroxylation is 1. The van der Waals surface area contributed by atoms with Crippen molar-refractivity contribution in [3.63, 3.8) is 0 Å². The van der Waals surface area contributed by atoms with Crippen LogP contribution in [0.25, 0.3) is 10.6 Å². The van der Waals surface area contributed by atoms with Crippen LogP contribution in [0.3, 0.4) is 0 Å². The van der Waals surface area contributed by atoms with E-state index in [0.717, 1.165) is 5.69 Å². The van der Waals surface area contributed by atoms with Gasteiger partial charge in [-0.3, -0.25) is 4.98 Å². The highest BCUT2D eigenvalue weighted by Gasteiger charge is 2.00. The molecule has 0 aromatic carbocycles. The second kappa shape index (κ2) is 7.32. The standard InChI is InChI=1S/C16H21NS/c1-2-3-4-5-6-8-14-10-11-15(17-13-14)16-9-7-12-18-16/h7,9-13H,2-6,8H2,1H3. The average Bonchev–Trinajstić information content (AvgIpc) is 2.93. The van der Waals surface area contributed by atoms with Crippen LogP contribution in [0.4, 0.5) is 0 Å². The van der Waals surface area contributed by atoms with Gasteiger partial charge in [-0.25, -0.2) is 0 Å². The number of aromatic nitrogens is 1. The van der Waals surface area contributed by atoms with Gasteiger partial charge in [-0.1, -0.05) is 44.7 Å². The average molecular weight is 259 g/mol. The van der Waals surface area contributed by atoms with Crippen LogP contribution >= 0.6 is 11.3 Å². The quantitative estimate of drug-likeness (QED) is 0.613. The summed E-state index contributed by atoms with van der Waals surface area (Å²) in [4.78, 5) is 5.80. The van der Waals surface area contributed by atoms with Crippen LogP contribution in [0.15, 0.2) is 35.8 Å². The van der Waals surface area contributed by atoms with Gasteiger partial charge in [0.15, 0.2) is 0 Å². The van der Waals surface area contributed by atoms with Gasteiger partial charge in [0.25, 0.3) is 0 Å². The Balaban J connectivity index is 1.81. The van der Waals surface area contributed by atoms with Crippen LogP contribution in [-0.2, 0) is 6.42 Å². The van der Waals surface area contributed by atoms with Crippen molar-refractivity contribution < 1.29 is 0 Å². The molecule has 2 aromatic rings. The molecule has 96 valence electrons. The van der Waals surface area contributed by atoms with Crippen LogP contribution in [0, 0.1) is 0 Å². The molecule has 0 aliphatic rings. The van der Waals surface area contributed by atoms with Gasteiger partial charge in [0.2, 0.25) is 0 Å². The molecule has 2 heteroatoms. The van der Waals surface area contributed by atoms with Gasteiger partial charge in [0, 0.05) is 6.20 Å². The number of rotatable bonds is 7. The summed E-state index contributed by atoms with van der Waals surface area (Å²) < 4.78 is 0. The van der Waals surface area contributed by atoms with Gasteiger partial charge in [0.1, 0.15) is 0 Å². The minimum Gasteiger partial charge on any atom is -0.255 e. The number of unbranched alkanes of at least 4 members (excludes halogenated alkanes) is 4. The highest BCUT2D eigenvalue weighted by molar-refractivity contribution is 7.13. The summed E-state index contributed by atoms with van der Waals surface area (Å²) in [6, 6.07) is 8.57. The zero-order valence-electron chi connectivity index (χ0n) is 11.1. The Morgan fingerprint density at radius 3 is 2.61 bits per heavy atom. The Labute approximate surface area is 114 Å². The van der Waals surface area contributed by atoms with Crippen molar-refractivity contribution >= 4 is 11.3 Å². The Kier molecular flexibility index (Phi) is 5.40. The largest absolute Gasteiger partial charge is 0.255 e. The molecule has 2 rings (SSSR count). The summed E-state index contributed by atoms with van der Waals surface area (Å²) >= 11 is 1.75. The maximum absolute atomic E-state index is 4.55. The molecule has 0 fully saturated rings. The first kappa shape index (κ1) is 13.3. The first-order valence-corrected chi connectivity index (χ1v) is 7.77. The fraction of sp³-hybridized carbons (Fsp3) is 0.438. The van der Waals surface area contributed by atoms with Crippen LogP contribution in [-0.4, -0.2) is 4.98 Å². The highest BCUT2D eigenvalue weighted by Crippen LogP contribution is 2.22. The van der Waals surface area contributed by atoms with E-state index in [1.165, 1.54) is 49.0 Å². The van der Waals surface area contributed by atoms with Crippen molar-refractivity contribution in [2.75, 3.05) is 0 Å². The van der Waals surface area contributed by atoms with Crippen molar-refractivity contribution in [1.29, 1.82) is 0 Å². The summed E-state index contributed by atoms with van der Waals surface area (Å²) in [5.41, 5.74) is 2.46. The number of hydrogen-bond acceptors (Lipinski definition) is 2. The minimum absolute atomic E-state index is 1.10. The lowest BCUT2D eigenvalue weighted by Gasteiger charge is -2.02. The fourth-order valence-electron chi connectivity index (χ4n) is 2.08. The van der Waals surface area contributed by atoms with Crippen LogP contribution in [0.1, 0.15) is 44.6 Å². The predicted octanol–water partition coefficient (Wildman–Crippen LogP) is 5.32. The van der Waals surface area contributed by atoms with Gasteiger partial charge >= 0.3 is 0 Å². The van der Waals surface area contributed by atoms with E-state index < -0.39 is 0 Å². The summed E-state index contributed by atoms with van der Waals surface area (Å²) in [6.07, 6.45) is 9.90. The number of pyridine rings is 1. The van der Waals surface area contributed by atoms with E-state index in [1.54, 1.807) is 11.3 Å². The van der Waals surface area contributed by atoms with Gasteiger partial charge in [0.05, 0.1) is 10.6 Å². The maximum Gasteiger partial charge on any atom is 0.0801 e. The van der Waals surface area contributed by atoms with Crippen molar-refractivity contribution in [2.24, 2.45) is 0 Å². The molecular weight excluding hydrogens is 238 g/mol. The second-order valence-electron chi connectivity index (χ2n) is 4.69. The SMILES string of the molecule is CCCCCCCc1ccc(-c2cccs2)nc1. The first-order chi connectivity index (χ1) is 8.90. The van der Waals surface area contributed by atoms with Crippen molar-refractivity contribution in [1.82, 2.24) is 4.98 Å². The Bertz CT molecular complexity index is 431. The molecule has 0 aliphatic carbocycles. The molecule has 0 amide bonds. The third-order valence-corrected chi connectivity index (χ3v) is 4.06. The molecule has 0 saturated heterocycles. The van der Waals surface area contributed by atoms with Crippen molar-refractivity contribution in [2.45, 2.75) is 45.4 Å². The van der Waals surface area contributed by atoms with E-state index in [0.29, 0.717) is 0 Å². The van der Waals surface area contributed by atoms with E-state index in [-0.39, 0.29) is 0 Å². The molecule has 0 spiro atoms. The predicted molar refractivity (Wildman–Crippen MR) is 80.0 cm³/mol. The minimum atomic E-state index is 1.10. The van der Waals surface area contributed by atoms with Crippen LogP contribution in [0.5, 0.6) is 0 Å². The molecule has 0 saturated carbocycles. The summed E-state index contributed by atoms with van der Waals surface area (Å²) in [7, 11) is 0. The normalized spacial score (nSPS) is 10.7. The van der Waals surface area contributed by atoms with Gasteiger partial charge < -0.3 is 0 Å². The second-order valence-corrected chi connectivity index (χ2v) is 5.64. The lowest BCUT2D eigenvalue weighted by atomic mass is 10.1. The van der Waals surface area contributed by atoms with E-state index in [1.807, 2.05) is 6.20 Å². The zero-order chi connectivity index (χ0) is 12.6. The third-order valence-electron chi connectivity index (χ3n) is 3.17. The molecule has 0 N–H and O–H groups in total. The molecule has 18 heavy (non-hydrogen) atoms. The van der Waals surface area contributed by atoms with Crippen LogP contribution < -0.4 is 0 Å². The Hall–Kier alpha value is -1.15. The topological polar surface area (TPSA) is 12.9 Å². The Morgan fingerprint density at radius 1 is 1.06 bits per heavy atom. The number of hydrogen-bond donors (Lipinski definition) is 0. The van der Waals surface area contributed by atoms with E-state index in [4.69, 9.17) is 0 Å². The zero-order valence-corrected chi connectivity index (χ0v) is 11.9. The fourth-order valence-corrected chi connectivity index (χ4v) is 2.78. The first-order valence-electron chi connectivity index (χ1n) is 6.89. The van der Waals surface area contributed by atoms with E-state index in [2.05, 4.69) is 41.6 Å². The van der Waals surface area contributed by atoms with Crippen molar-refractivity contribution in [3.8, 4) is 10.6 Å². The Morgan fingerprint density at radius 2 is 1.94 bits per heavy atom. The van der Waals surface area contributed by atoms with E-state index >= 15 is 0 Å². The molecule has 0 unspecified atom stereocenters. The van der Waals surface area contributed by atoms with Gasteiger partial charge in [-0.15, -0.1) is 11.3 Å². The molecule has 2 heterocycles. The molecule has 1 nitrogen and oxygen atoms in total. The summed E-state index contributed by atoms with van der Waals surface area (Å²) in [5, 5.41) is 2.10. The van der Waals surface area contributed by atoms with E-state index in [9.17, 15) is 0 Å². The molecule has 2 aromatic heterocycles. The molecule has 0 aliphatic heterocycles. The molecule has 0 bridgehead atoms. The molecule has 0 radical (unpaired) electrons. The lowest BCUT2D eigenvalue weighted by Crippen LogP contribution is -1.88. The van der Waals surface area contributed by atoms with Gasteiger partial charge in [-0.2, -0.15) is 0 Å². The summed E-state index contributed by atoms with van der Waals surface area (Å²) in [5.74, 6) is 0. The third kappa shape index (κ3) is 3.95. The summed E-state index contributed by atoms with van der Waals surface area (Å²) in [6.45, 7) is 2.26. The van der Waals surface area contributed by atoms with Gasteiger partial charge in [-0.05, 0) is 35.9 Å². The van der Waals surface area contributed by atoms with Crippen LogP contribution in [0.2, 0.25) is 0 Å².